The molecule has 0 heterocycles. The van der Waals surface area contributed by atoms with Gasteiger partial charge in [0.1, 0.15) is 0 Å². The number of hydrogen-bond acceptors (Lipinski definition) is 0. The highest BCUT2D eigenvalue weighted by Crippen LogP contribution is 2.65. The summed E-state index contributed by atoms with van der Waals surface area (Å²) in [5, 5.41) is 0. The van der Waals surface area contributed by atoms with Gasteiger partial charge in [0, 0.05) is 0 Å². The minimum Gasteiger partial charge on any atom is -0.0599 e. The van der Waals surface area contributed by atoms with Crippen LogP contribution in [0.1, 0.15) is 80.1 Å². The van der Waals surface area contributed by atoms with Crippen molar-refractivity contribution < 1.29 is 0 Å². The van der Waals surface area contributed by atoms with Crippen molar-refractivity contribution in [3.8, 4) is 0 Å². The zero-order valence-corrected chi connectivity index (χ0v) is 12.9. The van der Waals surface area contributed by atoms with Gasteiger partial charge in [-0.05, 0) is 53.8 Å². The quantitative estimate of drug-likeness (QED) is 0.508. The summed E-state index contributed by atoms with van der Waals surface area (Å²) in [6.07, 6.45) is 8.99. The average molecular weight is 236 g/mol. The monoisotopic (exact) mass is 236 g/mol. The molecular weight excluding hydrogens is 204 g/mol. The van der Waals surface area contributed by atoms with Gasteiger partial charge in [0.25, 0.3) is 0 Å². The molecule has 0 aromatic carbocycles. The van der Waals surface area contributed by atoms with Crippen LogP contribution >= 0.6 is 0 Å². The van der Waals surface area contributed by atoms with Crippen LogP contribution in [0.25, 0.3) is 0 Å². The van der Waals surface area contributed by atoms with E-state index in [1.54, 1.807) is 0 Å². The topological polar surface area (TPSA) is 0 Å². The zero-order chi connectivity index (χ0) is 12.9. The molecule has 0 aromatic rings. The summed E-state index contributed by atoms with van der Waals surface area (Å²) in [7, 11) is 0. The SMILES string of the molecule is CC(C)(C)C1CC2(CCCCC2C(C)(C)C)C1. The van der Waals surface area contributed by atoms with Crippen molar-refractivity contribution >= 4 is 0 Å². The largest absolute Gasteiger partial charge is 0.0599 e. The molecule has 2 aliphatic rings. The summed E-state index contributed by atoms with van der Waals surface area (Å²) >= 11 is 0. The molecule has 0 nitrogen and oxygen atoms in total. The fourth-order valence-corrected chi connectivity index (χ4v) is 4.68. The highest BCUT2D eigenvalue weighted by atomic mass is 14.6. The summed E-state index contributed by atoms with van der Waals surface area (Å²) in [6, 6.07) is 0. The molecular formula is C17H32. The lowest BCUT2D eigenvalue weighted by atomic mass is 9.44. The van der Waals surface area contributed by atoms with Crippen LogP contribution in [0.5, 0.6) is 0 Å². The van der Waals surface area contributed by atoms with Gasteiger partial charge in [-0.1, -0.05) is 54.4 Å². The van der Waals surface area contributed by atoms with Crippen LogP contribution in [-0.2, 0) is 0 Å². The third-order valence-electron chi connectivity index (χ3n) is 5.73. The molecule has 0 N–H and O–H groups in total. The van der Waals surface area contributed by atoms with Gasteiger partial charge in [-0.3, -0.25) is 0 Å². The third-order valence-corrected chi connectivity index (χ3v) is 5.73. The molecule has 1 atom stereocenters. The van der Waals surface area contributed by atoms with E-state index in [1.165, 1.54) is 38.5 Å². The maximum absolute atomic E-state index is 2.47. The molecule has 2 rings (SSSR count). The Labute approximate surface area is 109 Å². The van der Waals surface area contributed by atoms with Crippen LogP contribution in [0.2, 0.25) is 0 Å². The first-order valence-electron chi connectivity index (χ1n) is 7.65. The van der Waals surface area contributed by atoms with E-state index in [2.05, 4.69) is 41.5 Å². The minimum absolute atomic E-state index is 0.517. The van der Waals surface area contributed by atoms with Gasteiger partial charge in [-0.2, -0.15) is 0 Å². The molecule has 0 heteroatoms. The van der Waals surface area contributed by atoms with Crippen molar-refractivity contribution in [2.75, 3.05) is 0 Å². The molecule has 1 unspecified atom stereocenters. The standard InChI is InChI=1S/C17H32/c1-15(2,3)13-11-17(12-13)10-8-7-9-14(17)16(4,5)6/h13-14H,7-12H2,1-6H3. The Morgan fingerprint density at radius 1 is 0.824 bits per heavy atom. The Kier molecular flexibility index (Phi) is 3.16. The van der Waals surface area contributed by atoms with E-state index in [9.17, 15) is 0 Å². The molecule has 100 valence electrons. The summed E-state index contributed by atoms with van der Waals surface area (Å²) < 4.78 is 0. The Balaban J connectivity index is 2.10. The van der Waals surface area contributed by atoms with Crippen molar-refractivity contribution in [1.82, 2.24) is 0 Å². The molecule has 2 fully saturated rings. The van der Waals surface area contributed by atoms with Gasteiger partial charge in [0.2, 0.25) is 0 Å². The first-order chi connectivity index (χ1) is 7.65. The van der Waals surface area contributed by atoms with Gasteiger partial charge in [-0.15, -0.1) is 0 Å². The van der Waals surface area contributed by atoms with Crippen LogP contribution in [0.15, 0.2) is 0 Å². The summed E-state index contributed by atoms with van der Waals surface area (Å²) in [5.74, 6) is 1.95. The summed E-state index contributed by atoms with van der Waals surface area (Å²) in [5.41, 5.74) is 1.78. The van der Waals surface area contributed by atoms with Crippen LogP contribution < -0.4 is 0 Å². The van der Waals surface area contributed by atoms with Gasteiger partial charge < -0.3 is 0 Å². The second kappa shape index (κ2) is 4.00. The zero-order valence-electron chi connectivity index (χ0n) is 12.9. The van der Waals surface area contributed by atoms with E-state index >= 15 is 0 Å². The van der Waals surface area contributed by atoms with Crippen molar-refractivity contribution in [1.29, 1.82) is 0 Å². The molecule has 17 heavy (non-hydrogen) atoms. The van der Waals surface area contributed by atoms with Crippen molar-refractivity contribution in [2.45, 2.75) is 80.1 Å². The molecule has 1 spiro atoms. The Hall–Kier alpha value is 0. The molecule has 0 radical (unpaired) electrons. The summed E-state index contributed by atoms with van der Waals surface area (Å²) in [4.78, 5) is 0. The number of rotatable bonds is 0. The maximum atomic E-state index is 2.47. The second-order valence-electron chi connectivity index (χ2n) is 9.00. The van der Waals surface area contributed by atoms with E-state index in [0.29, 0.717) is 10.8 Å². The third kappa shape index (κ3) is 2.42. The fraction of sp³-hybridized carbons (Fsp3) is 1.00. The maximum Gasteiger partial charge on any atom is -0.0259 e. The lowest BCUT2D eigenvalue weighted by Gasteiger charge is -2.61. The van der Waals surface area contributed by atoms with Crippen LogP contribution in [0, 0.1) is 28.1 Å². The van der Waals surface area contributed by atoms with Gasteiger partial charge in [0.15, 0.2) is 0 Å². The highest BCUT2D eigenvalue weighted by molar-refractivity contribution is 5.05. The van der Waals surface area contributed by atoms with Crippen LogP contribution in [0.3, 0.4) is 0 Å². The van der Waals surface area contributed by atoms with Gasteiger partial charge >= 0.3 is 0 Å². The molecule has 0 aliphatic heterocycles. The van der Waals surface area contributed by atoms with E-state index in [-0.39, 0.29) is 0 Å². The molecule has 0 amide bonds. The second-order valence-corrected chi connectivity index (χ2v) is 9.00. The van der Waals surface area contributed by atoms with E-state index < -0.39 is 0 Å². The van der Waals surface area contributed by atoms with Crippen molar-refractivity contribution in [3.63, 3.8) is 0 Å². The van der Waals surface area contributed by atoms with Crippen LogP contribution in [0.4, 0.5) is 0 Å². The van der Waals surface area contributed by atoms with Crippen molar-refractivity contribution in [2.24, 2.45) is 28.1 Å². The Bertz CT molecular complexity index is 267. The van der Waals surface area contributed by atoms with Gasteiger partial charge in [-0.25, -0.2) is 0 Å². The van der Waals surface area contributed by atoms with Crippen molar-refractivity contribution in [3.05, 3.63) is 0 Å². The predicted molar refractivity (Wildman–Crippen MR) is 76.0 cm³/mol. The number of hydrogen-bond donors (Lipinski definition) is 0. The lowest BCUT2D eigenvalue weighted by Crippen LogP contribution is -2.52. The average Bonchev–Trinajstić information content (AvgIpc) is 2.11. The fourth-order valence-electron chi connectivity index (χ4n) is 4.68. The first kappa shape index (κ1) is 13.4. The Morgan fingerprint density at radius 3 is 1.88 bits per heavy atom. The normalized spacial score (nSPS) is 39.2. The first-order valence-corrected chi connectivity index (χ1v) is 7.65. The van der Waals surface area contributed by atoms with Crippen LogP contribution in [-0.4, -0.2) is 0 Å². The molecule has 0 saturated heterocycles. The predicted octanol–water partition coefficient (Wildman–Crippen LogP) is 5.67. The van der Waals surface area contributed by atoms with E-state index in [0.717, 1.165) is 17.3 Å². The highest BCUT2D eigenvalue weighted by Gasteiger charge is 2.55. The minimum atomic E-state index is 0.517. The summed E-state index contributed by atoms with van der Waals surface area (Å²) in [6.45, 7) is 14.7. The molecule has 2 saturated carbocycles. The van der Waals surface area contributed by atoms with E-state index in [4.69, 9.17) is 0 Å². The molecule has 0 aromatic heterocycles. The molecule has 0 bridgehead atoms. The lowest BCUT2D eigenvalue weighted by molar-refractivity contribution is -0.115. The smallest absolute Gasteiger partial charge is 0.0259 e. The van der Waals surface area contributed by atoms with Gasteiger partial charge in [0.05, 0.1) is 0 Å². The van der Waals surface area contributed by atoms with E-state index in [1.807, 2.05) is 0 Å². The Morgan fingerprint density at radius 2 is 1.41 bits per heavy atom. The molecule has 2 aliphatic carbocycles.